The van der Waals surface area contributed by atoms with Gasteiger partial charge in [-0.05, 0) is 24.3 Å². The Morgan fingerprint density at radius 3 is 2.40 bits per heavy atom. The third-order valence-corrected chi connectivity index (χ3v) is 1.88. The van der Waals surface area contributed by atoms with Crippen LogP contribution >= 0.6 is 22.6 Å². The molecular weight excluding hydrogens is 309 g/mol. The molecule has 0 fully saturated rings. The normalized spacial score (nSPS) is 9.47. The summed E-state index contributed by atoms with van der Waals surface area (Å²) in [5.41, 5.74) is 0.690. The van der Waals surface area contributed by atoms with Crippen LogP contribution in [0.3, 0.4) is 0 Å². The van der Waals surface area contributed by atoms with Gasteiger partial charge < -0.3 is 10.1 Å². The zero-order valence-corrected chi connectivity index (χ0v) is 10.3. The van der Waals surface area contributed by atoms with Gasteiger partial charge in [0, 0.05) is 12.1 Å². The molecule has 1 N–H and O–H groups in total. The van der Waals surface area contributed by atoms with Gasteiger partial charge >= 0.3 is 3.98 Å². The number of carbonyl (C=O) groups is 2. The van der Waals surface area contributed by atoms with E-state index in [2.05, 4.69) is 5.32 Å². The summed E-state index contributed by atoms with van der Waals surface area (Å²) in [6.45, 7) is 1.78. The van der Waals surface area contributed by atoms with E-state index in [0.717, 1.165) is 0 Å². The van der Waals surface area contributed by atoms with Crippen molar-refractivity contribution in [3.05, 3.63) is 24.3 Å². The molecular formula is C10H10INO3. The third-order valence-electron chi connectivity index (χ3n) is 1.66. The second kappa shape index (κ2) is 5.69. The highest BCUT2D eigenvalue weighted by Gasteiger charge is 2.01. The molecule has 0 radical (unpaired) electrons. The van der Waals surface area contributed by atoms with Gasteiger partial charge in [0.2, 0.25) is 5.91 Å². The van der Waals surface area contributed by atoms with Crippen LogP contribution in [0.2, 0.25) is 0 Å². The van der Waals surface area contributed by atoms with E-state index in [-0.39, 0.29) is 5.91 Å². The summed E-state index contributed by atoms with van der Waals surface area (Å²) in [7, 11) is 0. The molecule has 1 rings (SSSR count). The van der Waals surface area contributed by atoms with Gasteiger partial charge in [0.15, 0.2) is 0 Å². The number of benzene rings is 1. The van der Waals surface area contributed by atoms with E-state index in [0.29, 0.717) is 17.9 Å². The summed E-state index contributed by atoms with van der Waals surface area (Å²) in [6.07, 6.45) is 0.435. The van der Waals surface area contributed by atoms with Crippen molar-refractivity contribution in [2.24, 2.45) is 0 Å². The minimum absolute atomic E-state index is 0.0476. The van der Waals surface area contributed by atoms with Crippen LogP contribution in [0.15, 0.2) is 24.3 Å². The van der Waals surface area contributed by atoms with Crippen LogP contribution in [0.5, 0.6) is 5.75 Å². The fourth-order valence-electron chi connectivity index (χ4n) is 0.948. The minimum Gasteiger partial charge on any atom is -0.419 e. The van der Waals surface area contributed by atoms with Crippen LogP contribution in [0.25, 0.3) is 0 Å². The first-order chi connectivity index (χ1) is 7.11. The molecule has 0 bridgehead atoms. The number of halogens is 1. The average molecular weight is 319 g/mol. The summed E-state index contributed by atoms with van der Waals surface area (Å²) in [4.78, 5) is 21.7. The summed E-state index contributed by atoms with van der Waals surface area (Å²) < 4.78 is 4.44. The molecule has 4 nitrogen and oxygen atoms in total. The van der Waals surface area contributed by atoms with E-state index >= 15 is 0 Å². The molecule has 1 aromatic rings. The minimum atomic E-state index is -0.391. The lowest BCUT2D eigenvalue weighted by Gasteiger charge is -2.04. The van der Waals surface area contributed by atoms with Crippen molar-refractivity contribution in [3.63, 3.8) is 0 Å². The summed E-state index contributed by atoms with van der Waals surface area (Å²) in [5.74, 6) is 0.414. The van der Waals surface area contributed by atoms with Gasteiger partial charge in [0.25, 0.3) is 0 Å². The maximum Gasteiger partial charge on any atom is 0.372 e. The number of carbonyl (C=O) groups excluding carboxylic acids is 2. The van der Waals surface area contributed by atoms with E-state index in [1.807, 2.05) is 0 Å². The molecule has 15 heavy (non-hydrogen) atoms. The van der Waals surface area contributed by atoms with E-state index in [4.69, 9.17) is 4.74 Å². The number of hydrogen-bond acceptors (Lipinski definition) is 3. The predicted molar refractivity (Wildman–Crippen MR) is 65.4 cm³/mol. The van der Waals surface area contributed by atoms with Crippen LogP contribution < -0.4 is 10.1 Å². The van der Waals surface area contributed by atoms with Gasteiger partial charge in [-0.25, -0.2) is 4.79 Å². The molecule has 0 heterocycles. The molecule has 0 atom stereocenters. The number of rotatable bonds is 3. The Morgan fingerprint density at radius 2 is 1.93 bits per heavy atom. The molecule has 1 aromatic carbocycles. The first-order valence-corrected chi connectivity index (χ1v) is 5.47. The van der Waals surface area contributed by atoms with Crippen LogP contribution in [0.1, 0.15) is 13.3 Å². The number of nitrogens with one attached hydrogen (secondary N) is 1. The van der Waals surface area contributed by atoms with Crippen molar-refractivity contribution in [2.45, 2.75) is 13.3 Å². The molecule has 0 aliphatic rings. The quantitative estimate of drug-likeness (QED) is 0.688. The van der Waals surface area contributed by atoms with E-state index < -0.39 is 3.98 Å². The molecule has 0 unspecified atom stereocenters. The average Bonchev–Trinajstić information content (AvgIpc) is 2.20. The fraction of sp³-hybridized carbons (Fsp3) is 0.200. The highest BCUT2D eigenvalue weighted by atomic mass is 127. The Labute approximate surface area is 101 Å². The van der Waals surface area contributed by atoms with Crippen molar-refractivity contribution >= 4 is 38.2 Å². The zero-order valence-electron chi connectivity index (χ0n) is 8.12. The Hall–Kier alpha value is -1.11. The van der Waals surface area contributed by atoms with E-state index in [9.17, 15) is 9.59 Å². The summed E-state index contributed by atoms with van der Waals surface area (Å²) in [5, 5.41) is 2.69. The number of anilines is 1. The number of hydrogen-bond donors (Lipinski definition) is 1. The van der Waals surface area contributed by atoms with Crippen molar-refractivity contribution in [2.75, 3.05) is 5.32 Å². The van der Waals surface area contributed by atoms with Crippen LogP contribution in [0.4, 0.5) is 10.5 Å². The van der Waals surface area contributed by atoms with Crippen LogP contribution in [0, 0.1) is 0 Å². The SMILES string of the molecule is CCC(=O)Nc1ccc(OC(=O)I)cc1. The first-order valence-electron chi connectivity index (χ1n) is 4.39. The van der Waals surface area contributed by atoms with Crippen molar-refractivity contribution < 1.29 is 14.3 Å². The van der Waals surface area contributed by atoms with Gasteiger partial charge in [-0.2, -0.15) is 0 Å². The second-order valence-electron chi connectivity index (χ2n) is 2.77. The molecule has 80 valence electrons. The topological polar surface area (TPSA) is 55.4 Å². The molecule has 0 spiro atoms. The molecule has 0 aliphatic heterocycles. The molecule has 0 saturated carbocycles. The lowest BCUT2D eigenvalue weighted by molar-refractivity contribution is -0.115. The second-order valence-corrected chi connectivity index (χ2v) is 3.65. The highest BCUT2D eigenvalue weighted by molar-refractivity contribution is 14.1. The summed E-state index contributed by atoms with van der Waals surface area (Å²) >= 11 is 1.55. The lowest BCUT2D eigenvalue weighted by atomic mass is 10.3. The Morgan fingerprint density at radius 1 is 1.33 bits per heavy atom. The molecule has 0 saturated heterocycles. The number of ether oxygens (including phenoxy) is 1. The Bertz CT molecular complexity index is 361. The zero-order chi connectivity index (χ0) is 11.3. The van der Waals surface area contributed by atoms with Crippen molar-refractivity contribution in [3.8, 4) is 5.75 Å². The van der Waals surface area contributed by atoms with Gasteiger partial charge in [-0.15, -0.1) is 0 Å². The fourth-order valence-corrected chi connectivity index (χ4v) is 1.20. The first kappa shape index (κ1) is 12.0. The maximum absolute atomic E-state index is 11.0. The van der Waals surface area contributed by atoms with E-state index in [1.165, 1.54) is 0 Å². The highest BCUT2D eigenvalue weighted by Crippen LogP contribution is 2.16. The Kier molecular flexibility index (Phi) is 4.54. The van der Waals surface area contributed by atoms with Crippen LogP contribution in [-0.2, 0) is 4.79 Å². The predicted octanol–water partition coefficient (Wildman–Crippen LogP) is 2.97. The van der Waals surface area contributed by atoms with Gasteiger partial charge in [0.05, 0.1) is 22.6 Å². The number of amides is 1. The Balaban J connectivity index is 2.64. The molecule has 0 aromatic heterocycles. The van der Waals surface area contributed by atoms with E-state index in [1.54, 1.807) is 53.8 Å². The monoisotopic (exact) mass is 319 g/mol. The molecule has 1 amide bonds. The van der Waals surface area contributed by atoms with Gasteiger partial charge in [-0.1, -0.05) is 6.92 Å². The van der Waals surface area contributed by atoms with Crippen molar-refractivity contribution in [1.29, 1.82) is 0 Å². The van der Waals surface area contributed by atoms with Crippen molar-refractivity contribution in [1.82, 2.24) is 0 Å². The third kappa shape index (κ3) is 4.28. The van der Waals surface area contributed by atoms with Crippen LogP contribution in [-0.4, -0.2) is 9.88 Å². The standard InChI is InChI=1S/C10H10INO3/c1-2-9(13)12-7-3-5-8(6-4-7)15-10(11)14/h3-6H,2H2,1H3,(H,12,13). The van der Waals surface area contributed by atoms with Gasteiger partial charge in [0.1, 0.15) is 5.75 Å². The summed E-state index contributed by atoms with van der Waals surface area (Å²) in [6, 6.07) is 6.62. The molecule has 5 heteroatoms. The largest absolute Gasteiger partial charge is 0.419 e. The smallest absolute Gasteiger partial charge is 0.372 e. The van der Waals surface area contributed by atoms with Gasteiger partial charge in [-0.3, -0.25) is 4.79 Å². The molecule has 0 aliphatic carbocycles. The lowest BCUT2D eigenvalue weighted by Crippen LogP contribution is -2.09. The maximum atomic E-state index is 11.0.